The third-order valence-electron chi connectivity index (χ3n) is 5.02. The SMILES string of the molecule is C=C(/N=C\C)C(CC1COCCN1C(C)NC(=O)c1ccnc(C(C)(F)F)c1)OC. The molecule has 0 aromatic carbocycles. The summed E-state index contributed by atoms with van der Waals surface area (Å²) < 4.78 is 38.2. The van der Waals surface area contributed by atoms with E-state index in [0.29, 0.717) is 31.9 Å². The first-order valence-electron chi connectivity index (χ1n) is 9.86. The number of ether oxygens (including phenoxy) is 2. The van der Waals surface area contributed by atoms with Crippen LogP contribution in [0.25, 0.3) is 0 Å². The van der Waals surface area contributed by atoms with Gasteiger partial charge in [-0.2, -0.15) is 8.78 Å². The van der Waals surface area contributed by atoms with Gasteiger partial charge in [-0.05, 0) is 32.4 Å². The van der Waals surface area contributed by atoms with Crippen molar-refractivity contribution < 1.29 is 23.0 Å². The Morgan fingerprint density at radius 1 is 1.60 bits per heavy atom. The van der Waals surface area contributed by atoms with Crippen LogP contribution in [0.3, 0.4) is 0 Å². The molecule has 3 unspecified atom stereocenters. The average Bonchev–Trinajstić information content (AvgIpc) is 2.71. The summed E-state index contributed by atoms with van der Waals surface area (Å²) in [6, 6.07) is 2.50. The molecule has 3 atom stereocenters. The van der Waals surface area contributed by atoms with Crippen LogP contribution in [0.5, 0.6) is 0 Å². The second-order valence-corrected chi connectivity index (χ2v) is 7.27. The second kappa shape index (κ2) is 10.7. The fourth-order valence-corrected chi connectivity index (χ4v) is 3.41. The van der Waals surface area contributed by atoms with Gasteiger partial charge in [0.2, 0.25) is 0 Å². The molecule has 9 heteroatoms. The second-order valence-electron chi connectivity index (χ2n) is 7.27. The van der Waals surface area contributed by atoms with Crippen LogP contribution in [0.2, 0.25) is 0 Å². The van der Waals surface area contributed by atoms with Crippen LogP contribution in [0.1, 0.15) is 43.2 Å². The molecule has 1 aliphatic rings. The molecule has 30 heavy (non-hydrogen) atoms. The van der Waals surface area contributed by atoms with Gasteiger partial charge in [0.1, 0.15) is 5.69 Å². The number of methoxy groups -OCH3 is 1. The molecule has 0 bridgehead atoms. The van der Waals surface area contributed by atoms with Gasteiger partial charge in [-0.3, -0.25) is 19.7 Å². The molecule has 0 aliphatic carbocycles. The zero-order chi connectivity index (χ0) is 22.3. The van der Waals surface area contributed by atoms with Crippen LogP contribution in [0, 0.1) is 0 Å². The Balaban J connectivity index is 2.09. The first kappa shape index (κ1) is 24.0. The Morgan fingerprint density at radius 2 is 2.33 bits per heavy atom. The predicted molar refractivity (Wildman–Crippen MR) is 111 cm³/mol. The molecule has 2 rings (SSSR count). The van der Waals surface area contributed by atoms with Crippen LogP contribution < -0.4 is 5.32 Å². The maximum atomic E-state index is 13.5. The summed E-state index contributed by atoms with van der Waals surface area (Å²) in [5.74, 6) is -3.56. The van der Waals surface area contributed by atoms with E-state index in [9.17, 15) is 13.6 Å². The molecule has 7 nitrogen and oxygen atoms in total. The first-order chi connectivity index (χ1) is 14.2. The molecule has 1 aromatic heterocycles. The number of nitrogens with one attached hydrogen (secondary N) is 1. The van der Waals surface area contributed by atoms with Crippen molar-refractivity contribution in [1.29, 1.82) is 0 Å². The smallest absolute Gasteiger partial charge is 0.286 e. The highest BCUT2D eigenvalue weighted by Crippen LogP contribution is 2.25. The largest absolute Gasteiger partial charge is 0.378 e. The molecule has 0 spiro atoms. The number of morpholine rings is 1. The lowest BCUT2D eigenvalue weighted by Gasteiger charge is -2.41. The van der Waals surface area contributed by atoms with Crippen molar-refractivity contribution in [3.8, 4) is 0 Å². The fraction of sp³-hybridized carbons (Fsp3) is 0.571. The number of hydrogen-bond acceptors (Lipinski definition) is 6. The minimum atomic E-state index is -3.12. The molecule has 1 amide bonds. The van der Waals surface area contributed by atoms with Gasteiger partial charge in [-0.1, -0.05) is 6.58 Å². The van der Waals surface area contributed by atoms with Crippen LogP contribution >= 0.6 is 0 Å². The molecule has 0 radical (unpaired) electrons. The number of pyridine rings is 1. The van der Waals surface area contributed by atoms with E-state index in [0.717, 1.165) is 13.0 Å². The summed E-state index contributed by atoms with van der Waals surface area (Å²) in [5, 5.41) is 2.89. The summed E-state index contributed by atoms with van der Waals surface area (Å²) in [6.07, 6.45) is 2.84. The van der Waals surface area contributed by atoms with Gasteiger partial charge in [0.25, 0.3) is 11.8 Å². The third-order valence-corrected chi connectivity index (χ3v) is 5.02. The summed E-state index contributed by atoms with van der Waals surface area (Å²) >= 11 is 0. The lowest BCUT2D eigenvalue weighted by molar-refractivity contribution is -0.0470. The molecular formula is C21H30F2N4O3. The van der Waals surface area contributed by atoms with Crippen molar-refractivity contribution in [2.75, 3.05) is 26.9 Å². The summed E-state index contributed by atoms with van der Waals surface area (Å²) in [6.45, 7) is 9.98. The van der Waals surface area contributed by atoms with E-state index in [2.05, 4.69) is 26.8 Å². The summed E-state index contributed by atoms with van der Waals surface area (Å²) in [7, 11) is 1.60. The van der Waals surface area contributed by atoms with E-state index in [1.807, 2.05) is 13.8 Å². The number of hydrogen-bond donors (Lipinski definition) is 1. The Hall–Kier alpha value is -2.23. The number of halogens is 2. The number of alkyl halides is 2. The Morgan fingerprint density at radius 3 is 2.97 bits per heavy atom. The minimum absolute atomic E-state index is 0.0317. The van der Waals surface area contributed by atoms with E-state index in [4.69, 9.17) is 9.47 Å². The number of aromatic nitrogens is 1. The van der Waals surface area contributed by atoms with Gasteiger partial charge < -0.3 is 14.8 Å². The number of rotatable bonds is 9. The van der Waals surface area contributed by atoms with Gasteiger partial charge in [-0.25, -0.2) is 0 Å². The molecular weight excluding hydrogens is 394 g/mol. The highest BCUT2D eigenvalue weighted by atomic mass is 19.3. The molecule has 1 N–H and O–H groups in total. The molecule has 0 saturated carbocycles. The maximum absolute atomic E-state index is 13.5. The topological polar surface area (TPSA) is 76.0 Å². The first-order valence-corrected chi connectivity index (χ1v) is 9.86. The van der Waals surface area contributed by atoms with Crippen LogP contribution in [-0.2, 0) is 15.4 Å². The van der Waals surface area contributed by atoms with Gasteiger partial charge in [-0.15, -0.1) is 0 Å². The van der Waals surface area contributed by atoms with Gasteiger partial charge in [0.15, 0.2) is 0 Å². The Labute approximate surface area is 176 Å². The zero-order valence-electron chi connectivity index (χ0n) is 17.9. The highest BCUT2D eigenvalue weighted by Gasteiger charge is 2.32. The molecule has 1 aromatic rings. The lowest BCUT2D eigenvalue weighted by Crippen LogP contribution is -2.56. The van der Waals surface area contributed by atoms with E-state index < -0.39 is 17.5 Å². The normalized spacial score (nSPS) is 20.1. The van der Waals surface area contributed by atoms with Crippen molar-refractivity contribution in [1.82, 2.24) is 15.2 Å². The standard InChI is InChI=1S/C21H30F2N4O3/c1-6-24-14(2)18(29-5)12-17-13-30-10-9-27(17)15(3)26-20(28)16-7-8-25-19(11-16)21(4,22)23/h6-8,11,15,17-18H,2,9-10,12-13H2,1,3-5H3,(H,26,28)/b24-6-. The maximum Gasteiger partial charge on any atom is 0.286 e. The molecule has 166 valence electrons. The predicted octanol–water partition coefficient (Wildman–Crippen LogP) is 2.98. The average molecular weight is 424 g/mol. The molecule has 1 fully saturated rings. The van der Waals surface area contributed by atoms with Gasteiger partial charge in [0, 0.05) is 44.6 Å². The van der Waals surface area contributed by atoms with Crippen molar-refractivity contribution >= 4 is 12.1 Å². The fourth-order valence-electron chi connectivity index (χ4n) is 3.41. The van der Waals surface area contributed by atoms with Crippen molar-refractivity contribution in [3.63, 3.8) is 0 Å². The Kier molecular flexibility index (Phi) is 8.57. The summed E-state index contributed by atoms with van der Waals surface area (Å²) in [4.78, 5) is 22.6. The van der Waals surface area contributed by atoms with Crippen molar-refractivity contribution in [2.24, 2.45) is 4.99 Å². The number of nitrogens with zero attached hydrogens (tertiary/aromatic N) is 3. The van der Waals surface area contributed by atoms with Crippen LogP contribution in [0.4, 0.5) is 8.78 Å². The number of carbonyl (C=O) groups is 1. The van der Waals surface area contributed by atoms with E-state index in [1.54, 1.807) is 13.3 Å². The van der Waals surface area contributed by atoms with Crippen molar-refractivity contribution in [2.45, 2.75) is 51.4 Å². The highest BCUT2D eigenvalue weighted by molar-refractivity contribution is 5.94. The zero-order valence-corrected chi connectivity index (χ0v) is 17.9. The van der Waals surface area contributed by atoms with E-state index in [1.165, 1.54) is 12.3 Å². The third kappa shape index (κ3) is 6.38. The number of aliphatic imine (C=N–C) groups is 1. The number of amides is 1. The van der Waals surface area contributed by atoms with Crippen LogP contribution in [-0.4, -0.2) is 67.2 Å². The summed E-state index contributed by atoms with van der Waals surface area (Å²) in [5.41, 5.74) is 0.315. The van der Waals surface area contributed by atoms with Gasteiger partial charge >= 0.3 is 0 Å². The minimum Gasteiger partial charge on any atom is -0.378 e. The quantitative estimate of drug-likeness (QED) is 0.617. The molecule has 1 saturated heterocycles. The Bertz CT molecular complexity index is 767. The van der Waals surface area contributed by atoms with Gasteiger partial charge in [0.05, 0.1) is 31.2 Å². The lowest BCUT2D eigenvalue weighted by atomic mass is 10.0. The number of carbonyl (C=O) groups excluding carboxylic acids is 1. The molecule has 1 aliphatic heterocycles. The molecule has 2 heterocycles. The van der Waals surface area contributed by atoms with E-state index in [-0.39, 0.29) is 23.9 Å². The van der Waals surface area contributed by atoms with E-state index >= 15 is 0 Å². The monoisotopic (exact) mass is 424 g/mol. The van der Waals surface area contributed by atoms with Crippen LogP contribution in [0.15, 0.2) is 35.6 Å². The van der Waals surface area contributed by atoms with Crippen molar-refractivity contribution in [3.05, 3.63) is 41.9 Å².